The molecule has 12 heteroatoms. The number of nitrogens with two attached hydrogens (primary N) is 1. The third-order valence-corrected chi connectivity index (χ3v) is 8.18. The minimum Gasteiger partial charge on any atom is -0.383 e. The number of amides is 1. The van der Waals surface area contributed by atoms with E-state index in [1.165, 1.54) is 17.2 Å². The van der Waals surface area contributed by atoms with Crippen LogP contribution < -0.4 is 5.73 Å². The van der Waals surface area contributed by atoms with Crippen molar-refractivity contribution in [3.8, 4) is 0 Å². The molecule has 5 aromatic rings. The summed E-state index contributed by atoms with van der Waals surface area (Å²) >= 11 is 0. The average Bonchev–Trinajstić information content (AvgIpc) is 3.38. The maximum Gasteiger partial charge on any atom is 0.394 e. The van der Waals surface area contributed by atoms with Crippen molar-refractivity contribution in [1.29, 1.82) is 0 Å². The van der Waals surface area contributed by atoms with E-state index in [-0.39, 0.29) is 42.7 Å². The van der Waals surface area contributed by atoms with Crippen molar-refractivity contribution in [2.24, 2.45) is 12.5 Å². The molecule has 0 radical (unpaired) electrons. The summed E-state index contributed by atoms with van der Waals surface area (Å²) in [6.45, 7) is -0.0486. The zero-order valence-corrected chi connectivity index (χ0v) is 20.1. The number of imidazole rings is 1. The van der Waals surface area contributed by atoms with Gasteiger partial charge in [-0.25, -0.2) is 14.4 Å². The highest BCUT2D eigenvalue weighted by Gasteiger charge is 2.80. The number of halogens is 4. The molecule has 2 N–H and O–H groups in total. The van der Waals surface area contributed by atoms with Crippen LogP contribution in [0.1, 0.15) is 35.3 Å². The maximum absolute atomic E-state index is 15.4. The van der Waals surface area contributed by atoms with E-state index in [0.29, 0.717) is 27.6 Å². The number of carbonyl (C=O) groups excluding carboxylic acids is 1. The fraction of sp³-hybridized carbons (Fsp3) is 0.308. The van der Waals surface area contributed by atoms with E-state index in [9.17, 15) is 18.0 Å². The summed E-state index contributed by atoms with van der Waals surface area (Å²) < 4.78 is 59.8. The Kier molecular flexibility index (Phi) is 4.35. The zero-order chi connectivity index (χ0) is 26.6. The van der Waals surface area contributed by atoms with Crippen molar-refractivity contribution in [2.45, 2.75) is 37.5 Å². The number of carbonyl (C=O) groups is 1. The predicted octanol–water partition coefficient (Wildman–Crippen LogP) is 4.62. The molecule has 0 atom stereocenters. The molecular weight excluding hydrogens is 502 g/mol. The van der Waals surface area contributed by atoms with Gasteiger partial charge in [0, 0.05) is 36.4 Å². The molecule has 0 unspecified atom stereocenters. The summed E-state index contributed by atoms with van der Waals surface area (Å²) in [5.41, 5.74) is 4.95. The Morgan fingerprint density at radius 2 is 1.92 bits per heavy atom. The Morgan fingerprint density at radius 1 is 1.16 bits per heavy atom. The standard InChI is InChI=1S/C26H21F4N7O/c1-35-21-16-6-15(18(27)7-19(16)34-22(31)17(21)8-32-35)23(38)37(25-11-24(12-25,13-25)26(28,29)30)10-14-9-36-5-3-2-4-20(36)33-14/h2-9H,10-13H2,1H3,(H2,31,34). The average molecular weight is 523 g/mol. The van der Waals surface area contributed by atoms with Crippen molar-refractivity contribution < 1.29 is 22.4 Å². The van der Waals surface area contributed by atoms with E-state index in [2.05, 4.69) is 15.1 Å². The quantitative estimate of drug-likeness (QED) is 0.347. The molecule has 4 heterocycles. The monoisotopic (exact) mass is 523 g/mol. The van der Waals surface area contributed by atoms with Gasteiger partial charge in [-0.1, -0.05) is 6.07 Å². The molecule has 8 rings (SSSR count). The van der Waals surface area contributed by atoms with Crippen molar-refractivity contribution in [3.63, 3.8) is 0 Å². The third-order valence-electron chi connectivity index (χ3n) is 8.18. The first-order valence-corrected chi connectivity index (χ1v) is 12.0. The summed E-state index contributed by atoms with van der Waals surface area (Å²) in [6.07, 6.45) is 0.0842. The van der Waals surface area contributed by atoms with Gasteiger partial charge in [0.25, 0.3) is 5.91 Å². The molecule has 0 spiro atoms. The van der Waals surface area contributed by atoms with E-state index in [1.54, 1.807) is 34.6 Å². The van der Waals surface area contributed by atoms with Crippen LogP contribution in [-0.4, -0.2) is 46.7 Å². The predicted molar refractivity (Wildman–Crippen MR) is 131 cm³/mol. The molecule has 8 nitrogen and oxygen atoms in total. The second kappa shape index (κ2) is 7.21. The molecule has 1 amide bonds. The maximum atomic E-state index is 15.4. The molecular formula is C26H21F4N7O. The summed E-state index contributed by atoms with van der Waals surface area (Å²) in [6, 6.07) is 7.95. The Morgan fingerprint density at radius 3 is 2.63 bits per heavy atom. The van der Waals surface area contributed by atoms with Crippen molar-refractivity contribution >= 4 is 39.2 Å². The number of fused-ring (bicyclic) bond motifs is 4. The van der Waals surface area contributed by atoms with Crippen LogP contribution in [0, 0.1) is 11.2 Å². The highest BCUT2D eigenvalue weighted by Crippen LogP contribution is 2.75. The number of nitrogen functional groups attached to an aromatic ring is 1. The van der Waals surface area contributed by atoms with Crippen LogP contribution in [0.3, 0.4) is 0 Å². The van der Waals surface area contributed by atoms with Crippen LogP contribution in [-0.2, 0) is 13.6 Å². The molecule has 4 aromatic heterocycles. The molecule has 38 heavy (non-hydrogen) atoms. The molecule has 0 saturated heterocycles. The van der Waals surface area contributed by atoms with Crippen molar-refractivity contribution in [2.75, 3.05) is 5.73 Å². The lowest BCUT2D eigenvalue weighted by Gasteiger charge is -2.73. The number of nitrogens with zero attached hydrogens (tertiary/aromatic N) is 6. The molecule has 2 bridgehead atoms. The number of pyridine rings is 2. The highest BCUT2D eigenvalue weighted by atomic mass is 19.4. The van der Waals surface area contributed by atoms with E-state index < -0.39 is 28.9 Å². The van der Waals surface area contributed by atoms with Crippen LogP contribution in [0.25, 0.3) is 27.5 Å². The van der Waals surface area contributed by atoms with E-state index in [1.807, 2.05) is 12.1 Å². The van der Waals surface area contributed by atoms with Crippen LogP contribution in [0.15, 0.2) is 48.9 Å². The van der Waals surface area contributed by atoms with Gasteiger partial charge in [-0.05, 0) is 37.5 Å². The van der Waals surface area contributed by atoms with Crippen LogP contribution in [0.2, 0.25) is 0 Å². The zero-order valence-electron chi connectivity index (χ0n) is 20.1. The van der Waals surface area contributed by atoms with Gasteiger partial charge in [0.15, 0.2) is 0 Å². The number of hydrogen-bond donors (Lipinski definition) is 1. The van der Waals surface area contributed by atoms with E-state index in [0.717, 1.165) is 6.07 Å². The van der Waals surface area contributed by atoms with Crippen LogP contribution in [0.5, 0.6) is 0 Å². The summed E-state index contributed by atoms with van der Waals surface area (Å²) in [4.78, 5) is 24.1. The first-order valence-electron chi connectivity index (χ1n) is 12.0. The lowest BCUT2D eigenvalue weighted by atomic mass is 9.38. The Bertz CT molecular complexity index is 1750. The Hall–Kier alpha value is -4.22. The van der Waals surface area contributed by atoms with Gasteiger partial charge in [-0.3, -0.25) is 9.48 Å². The van der Waals surface area contributed by atoms with Crippen molar-refractivity contribution in [3.05, 3.63) is 66.0 Å². The minimum atomic E-state index is -4.35. The third kappa shape index (κ3) is 2.96. The lowest BCUT2D eigenvalue weighted by molar-refractivity contribution is -0.357. The van der Waals surface area contributed by atoms with Crippen LogP contribution in [0.4, 0.5) is 23.4 Å². The fourth-order valence-electron chi connectivity index (χ4n) is 6.29. The summed E-state index contributed by atoms with van der Waals surface area (Å²) in [5, 5.41) is 5.23. The van der Waals surface area contributed by atoms with Gasteiger partial charge in [0.2, 0.25) is 0 Å². The van der Waals surface area contributed by atoms with Gasteiger partial charge >= 0.3 is 6.18 Å². The molecule has 0 aliphatic heterocycles. The number of rotatable bonds is 4. The molecule has 3 fully saturated rings. The number of anilines is 1. The highest BCUT2D eigenvalue weighted by molar-refractivity contribution is 6.10. The van der Waals surface area contributed by atoms with E-state index in [4.69, 9.17) is 5.73 Å². The largest absolute Gasteiger partial charge is 0.394 e. The van der Waals surface area contributed by atoms with Crippen molar-refractivity contribution in [1.82, 2.24) is 29.0 Å². The number of hydrogen-bond acceptors (Lipinski definition) is 5. The van der Waals surface area contributed by atoms with E-state index >= 15 is 4.39 Å². The molecule has 3 aliphatic carbocycles. The molecule has 3 saturated carbocycles. The summed E-state index contributed by atoms with van der Waals surface area (Å²) in [5.74, 6) is -1.34. The minimum absolute atomic E-state index is 0.0486. The van der Waals surface area contributed by atoms with Gasteiger partial charge in [-0.2, -0.15) is 18.3 Å². The lowest BCUT2D eigenvalue weighted by Crippen LogP contribution is -2.79. The molecule has 3 aliphatic rings. The number of benzene rings is 1. The normalized spacial score (nSPS) is 22.6. The fourth-order valence-corrected chi connectivity index (χ4v) is 6.29. The number of aromatic nitrogens is 5. The Labute approximate surface area is 212 Å². The molecule has 194 valence electrons. The molecule has 1 aromatic carbocycles. The van der Waals surface area contributed by atoms with Crippen LogP contribution >= 0.6 is 0 Å². The first kappa shape index (κ1) is 22.9. The first-order chi connectivity index (χ1) is 18.0. The summed E-state index contributed by atoms with van der Waals surface area (Å²) in [7, 11) is 1.69. The smallest absolute Gasteiger partial charge is 0.383 e. The van der Waals surface area contributed by atoms with Gasteiger partial charge in [0.05, 0.1) is 45.8 Å². The second-order valence-electron chi connectivity index (χ2n) is 10.5. The second-order valence-corrected chi connectivity index (χ2v) is 10.5. The van der Waals surface area contributed by atoms with Gasteiger partial charge < -0.3 is 15.0 Å². The Balaban J connectivity index is 1.33. The van der Waals surface area contributed by atoms with Gasteiger partial charge in [0.1, 0.15) is 17.3 Å². The topological polar surface area (TPSA) is 94.3 Å². The number of alkyl halides is 3. The number of aryl methyl sites for hydroxylation is 1. The van der Waals surface area contributed by atoms with Gasteiger partial charge in [-0.15, -0.1) is 0 Å². The SMILES string of the molecule is Cn1ncc2c(N)nc3cc(F)c(C(=O)N(Cc4cn5ccccc5n4)C45CC(C(F)(F)F)(C4)C5)cc3c21.